The van der Waals surface area contributed by atoms with Gasteiger partial charge in [0.1, 0.15) is 0 Å². The van der Waals surface area contributed by atoms with Crippen LogP contribution >= 0.6 is 11.6 Å². The molecule has 0 aromatic carbocycles. The largest absolute Gasteiger partial charge is 0.386 e. The minimum absolute atomic E-state index is 0.387. The topological polar surface area (TPSA) is 63.8 Å². The average molecular weight is 213 g/mol. The van der Waals surface area contributed by atoms with Gasteiger partial charge in [-0.2, -0.15) is 0 Å². The Kier molecular flexibility index (Phi) is 2.25. The summed E-state index contributed by atoms with van der Waals surface area (Å²) in [6.07, 6.45) is 0. The normalized spacial score (nSPS) is 10.8. The molecule has 14 heavy (non-hydrogen) atoms. The number of halogens is 1. The van der Waals surface area contributed by atoms with Gasteiger partial charge in [0.2, 0.25) is 5.65 Å². The molecule has 0 saturated carbocycles. The summed E-state index contributed by atoms with van der Waals surface area (Å²) in [5, 5.41) is 10.5. The standard InChI is InChI=1S/C8H9ClN4O/c1-4-5(3-9)6(10-2)7-8(11-4)13-14-12-7/h10H,3H2,1-2H3. The van der Waals surface area contributed by atoms with Crippen LogP contribution in [0.25, 0.3) is 11.2 Å². The molecule has 0 aliphatic heterocycles. The quantitative estimate of drug-likeness (QED) is 0.768. The van der Waals surface area contributed by atoms with Gasteiger partial charge < -0.3 is 5.32 Å². The molecule has 0 bridgehead atoms. The van der Waals surface area contributed by atoms with Crippen LogP contribution in [0, 0.1) is 6.92 Å². The first-order chi connectivity index (χ1) is 6.77. The van der Waals surface area contributed by atoms with Crippen LogP contribution in [0.4, 0.5) is 5.69 Å². The van der Waals surface area contributed by atoms with Crippen molar-refractivity contribution < 1.29 is 4.63 Å². The van der Waals surface area contributed by atoms with E-state index < -0.39 is 0 Å². The van der Waals surface area contributed by atoms with Gasteiger partial charge in [0.15, 0.2) is 5.52 Å². The minimum atomic E-state index is 0.387. The SMILES string of the molecule is CNc1c(CCl)c(C)nc2nonc12. The highest BCUT2D eigenvalue weighted by molar-refractivity contribution is 6.18. The van der Waals surface area contributed by atoms with Crippen LogP contribution in [0.15, 0.2) is 4.63 Å². The maximum atomic E-state index is 5.82. The monoisotopic (exact) mass is 212 g/mol. The van der Waals surface area contributed by atoms with E-state index >= 15 is 0 Å². The maximum absolute atomic E-state index is 5.82. The average Bonchev–Trinajstić information content (AvgIpc) is 2.62. The molecular formula is C8H9ClN4O. The molecule has 0 amide bonds. The molecule has 0 fully saturated rings. The van der Waals surface area contributed by atoms with E-state index in [1.54, 1.807) is 7.05 Å². The highest BCUT2D eigenvalue weighted by Crippen LogP contribution is 2.26. The highest BCUT2D eigenvalue weighted by atomic mass is 35.5. The summed E-state index contributed by atoms with van der Waals surface area (Å²) in [7, 11) is 1.80. The van der Waals surface area contributed by atoms with Crippen LogP contribution in [0.5, 0.6) is 0 Å². The zero-order valence-corrected chi connectivity index (χ0v) is 8.59. The minimum Gasteiger partial charge on any atom is -0.386 e. The molecule has 0 atom stereocenters. The lowest BCUT2D eigenvalue weighted by atomic mass is 10.1. The lowest BCUT2D eigenvalue weighted by Gasteiger charge is -2.07. The van der Waals surface area contributed by atoms with Crippen LogP contribution in [0.3, 0.4) is 0 Å². The van der Waals surface area contributed by atoms with Crippen molar-refractivity contribution in [2.45, 2.75) is 12.8 Å². The van der Waals surface area contributed by atoms with Gasteiger partial charge in [-0.15, -0.1) is 11.6 Å². The number of fused-ring (bicyclic) bond motifs is 1. The molecule has 0 aliphatic rings. The summed E-state index contributed by atoms with van der Waals surface area (Å²) in [4.78, 5) is 4.22. The summed E-state index contributed by atoms with van der Waals surface area (Å²) >= 11 is 5.82. The highest BCUT2D eigenvalue weighted by Gasteiger charge is 2.14. The second-order valence-corrected chi connectivity index (χ2v) is 3.14. The van der Waals surface area contributed by atoms with Crippen molar-refractivity contribution in [3.63, 3.8) is 0 Å². The van der Waals surface area contributed by atoms with E-state index in [0.29, 0.717) is 17.0 Å². The maximum Gasteiger partial charge on any atom is 0.226 e. The number of aromatic nitrogens is 3. The molecule has 0 radical (unpaired) electrons. The Morgan fingerprint density at radius 1 is 1.43 bits per heavy atom. The fraction of sp³-hybridized carbons (Fsp3) is 0.375. The van der Waals surface area contributed by atoms with Crippen LogP contribution in [-0.4, -0.2) is 22.3 Å². The Balaban J connectivity index is 2.82. The second kappa shape index (κ2) is 3.42. The lowest BCUT2D eigenvalue weighted by molar-refractivity contribution is 0.315. The molecule has 2 aromatic heterocycles. The Morgan fingerprint density at radius 2 is 2.21 bits per heavy atom. The number of nitrogens with one attached hydrogen (secondary N) is 1. The van der Waals surface area contributed by atoms with E-state index in [1.807, 2.05) is 6.92 Å². The molecule has 0 saturated heterocycles. The van der Waals surface area contributed by atoms with Gasteiger partial charge >= 0.3 is 0 Å². The number of anilines is 1. The van der Waals surface area contributed by atoms with E-state index in [4.69, 9.17) is 11.6 Å². The van der Waals surface area contributed by atoms with E-state index in [2.05, 4.69) is 25.2 Å². The van der Waals surface area contributed by atoms with Gasteiger partial charge in [-0.3, -0.25) is 0 Å². The van der Waals surface area contributed by atoms with Crippen LogP contribution in [-0.2, 0) is 5.88 Å². The van der Waals surface area contributed by atoms with E-state index in [9.17, 15) is 0 Å². The van der Waals surface area contributed by atoms with Gasteiger partial charge in [0, 0.05) is 18.3 Å². The van der Waals surface area contributed by atoms with Crippen LogP contribution < -0.4 is 5.32 Å². The first-order valence-corrected chi connectivity index (χ1v) is 4.66. The third-order valence-corrected chi connectivity index (χ3v) is 2.37. The summed E-state index contributed by atoms with van der Waals surface area (Å²) < 4.78 is 4.62. The molecule has 0 unspecified atom stereocenters. The molecule has 2 aromatic rings. The van der Waals surface area contributed by atoms with Gasteiger partial charge in [0.05, 0.1) is 11.6 Å². The zero-order valence-electron chi connectivity index (χ0n) is 7.83. The molecule has 0 spiro atoms. The number of pyridine rings is 1. The summed E-state index contributed by atoms with van der Waals surface area (Å²) in [5.74, 6) is 0.387. The Bertz CT molecular complexity index is 468. The number of nitrogens with zero attached hydrogens (tertiary/aromatic N) is 3. The first kappa shape index (κ1) is 9.21. The van der Waals surface area contributed by atoms with E-state index in [0.717, 1.165) is 16.9 Å². The molecular weight excluding hydrogens is 204 g/mol. The second-order valence-electron chi connectivity index (χ2n) is 2.87. The van der Waals surface area contributed by atoms with Crippen LogP contribution in [0.1, 0.15) is 11.3 Å². The van der Waals surface area contributed by atoms with Gasteiger partial charge in [-0.05, 0) is 17.2 Å². The van der Waals surface area contributed by atoms with E-state index in [1.165, 1.54) is 0 Å². The van der Waals surface area contributed by atoms with Gasteiger partial charge in [-0.1, -0.05) is 0 Å². The third kappa shape index (κ3) is 1.21. The number of rotatable bonds is 2. The third-order valence-electron chi connectivity index (χ3n) is 2.10. The number of hydrogen-bond donors (Lipinski definition) is 1. The van der Waals surface area contributed by atoms with Crippen molar-refractivity contribution in [2.75, 3.05) is 12.4 Å². The molecule has 1 N–H and O–H groups in total. The number of aryl methyl sites for hydroxylation is 1. The summed E-state index contributed by atoms with van der Waals surface area (Å²) in [6, 6.07) is 0. The molecule has 0 aliphatic carbocycles. The van der Waals surface area contributed by atoms with Crippen LogP contribution in [0.2, 0.25) is 0 Å². The predicted octanol–water partition coefficient (Wildman–Crippen LogP) is 1.71. The first-order valence-electron chi connectivity index (χ1n) is 4.13. The Hall–Kier alpha value is -1.36. The Labute approximate surface area is 85.4 Å². The van der Waals surface area contributed by atoms with Crippen molar-refractivity contribution in [1.82, 2.24) is 15.3 Å². The predicted molar refractivity (Wildman–Crippen MR) is 53.4 cm³/mol. The molecule has 2 heterocycles. The van der Waals surface area contributed by atoms with Crippen molar-refractivity contribution in [2.24, 2.45) is 0 Å². The van der Waals surface area contributed by atoms with Crippen molar-refractivity contribution in [1.29, 1.82) is 0 Å². The van der Waals surface area contributed by atoms with Crippen molar-refractivity contribution in [3.05, 3.63) is 11.3 Å². The van der Waals surface area contributed by atoms with E-state index in [-0.39, 0.29) is 0 Å². The van der Waals surface area contributed by atoms with Crippen molar-refractivity contribution in [3.8, 4) is 0 Å². The van der Waals surface area contributed by atoms with Crippen molar-refractivity contribution >= 4 is 28.5 Å². The lowest BCUT2D eigenvalue weighted by Crippen LogP contribution is -2.00. The number of hydrogen-bond acceptors (Lipinski definition) is 5. The van der Waals surface area contributed by atoms with Gasteiger partial charge in [-0.25, -0.2) is 9.61 Å². The summed E-state index contributed by atoms with van der Waals surface area (Å²) in [6.45, 7) is 1.88. The fourth-order valence-electron chi connectivity index (χ4n) is 1.40. The Morgan fingerprint density at radius 3 is 2.86 bits per heavy atom. The summed E-state index contributed by atoms with van der Waals surface area (Å²) in [5.41, 5.74) is 3.73. The molecule has 74 valence electrons. The van der Waals surface area contributed by atoms with Gasteiger partial charge in [0.25, 0.3) is 0 Å². The molecule has 2 rings (SSSR count). The smallest absolute Gasteiger partial charge is 0.226 e. The fourth-order valence-corrected chi connectivity index (χ4v) is 1.72. The molecule has 6 heteroatoms. The number of alkyl halides is 1. The molecule has 5 nitrogen and oxygen atoms in total. The zero-order chi connectivity index (χ0) is 10.1.